The van der Waals surface area contributed by atoms with Gasteiger partial charge in [-0.3, -0.25) is 0 Å². The first-order valence-electron chi connectivity index (χ1n) is 7.67. The van der Waals surface area contributed by atoms with Gasteiger partial charge in [0.1, 0.15) is 11.3 Å². The number of morpholine rings is 1. The smallest absolute Gasteiger partial charge is 0.156 e. The van der Waals surface area contributed by atoms with Crippen molar-refractivity contribution in [1.82, 2.24) is 20.3 Å². The average Bonchev–Trinajstić information content (AvgIpc) is 2.95. The quantitative estimate of drug-likeness (QED) is 0.825. The molecule has 2 aromatic heterocycles. The second-order valence-electron chi connectivity index (χ2n) is 6.04. The summed E-state index contributed by atoms with van der Waals surface area (Å²) >= 11 is 0. The zero-order valence-electron chi connectivity index (χ0n) is 12.4. The Labute approximate surface area is 123 Å². The molecule has 2 aliphatic heterocycles. The van der Waals surface area contributed by atoms with Gasteiger partial charge in [-0.25, -0.2) is 9.97 Å². The van der Waals surface area contributed by atoms with Crippen molar-refractivity contribution in [3.63, 3.8) is 0 Å². The topological polar surface area (TPSA) is 66.1 Å². The number of anilines is 1. The van der Waals surface area contributed by atoms with Gasteiger partial charge in [0.05, 0.1) is 17.7 Å². The van der Waals surface area contributed by atoms with E-state index >= 15 is 0 Å². The molecule has 6 nitrogen and oxygen atoms in total. The molecule has 112 valence electrons. The van der Waals surface area contributed by atoms with Crippen LogP contribution in [0.2, 0.25) is 0 Å². The molecule has 2 saturated heterocycles. The molecule has 6 heteroatoms. The predicted octanol–water partition coefficient (Wildman–Crippen LogP) is 1.23. The lowest BCUT2D eigenvalue weighted by atomic mass is 9.90. The second-order valence-corrected chi connectivity index (χ2v) is 6.04. The molecule has 0 saturated carbocycles. The SMILES string of the molecule is Cc1nc(N2CCOC3(CCNCC3)C2)c2[nH]ccc2n1. The molecular weight excluding hydrogens is 266 g/mol. The van der Waals surface area contributed by atoms with E-state index in [0.29, 0.717) is 0 Å². The van der Waals surface area contributed by atoms with Gasteiger partial charge >= 0.3 is 0 Å². The molecule has 2 fully saturated rings. The van der Waals surface area contributed by atoms with Crippen LogP contribution in [0.25, 0.3) is 11.0 Å². The van der Waals surface area contributed by atoms with Crippen LogP contribution in [-0.2, 0) is 4.74 Å². The van der Waals surface area contributed by atoms with Crippen LogP contribution in [0.3, 0.4) is 0 Å². The van der Waals surface area contributed by atoms with Crippen LogP contribution in [0.4, 0.5) is 5.82 Å². The van der Waals surface area contributed by atoms with Crippen molar-refractivity contribution in [2.75, 3.05) is 37.7 Å². The fourth-order valence-corrected chi connectivity index (χ4v) is 3.48. The van der Waals surface area contributed by atoms with E-state index in [-0.39, 0.29) is 5.60 Å². The van der Waals surface area contributed by atoms with E-state index < -0.39 is 0 Å². The molecule has 0 unspecified atom stereocenters. The highest BCUT2D eigenvalue weighted by atomic mass is 16.5. The Balaban J connectivity index is 1.69. The number of ether oxygens (including phenoxy) is 1. The molecule has 0 aliphatic carbocycles. The highest BCUT2D eigenvalue weighted by Crippen LogP contribution is 2.31. The van der Waals surface area contributed by atoms with Gasteiger partial charge in [0.15, 0.2) is 5.82 Å². The number of nitrogens with one attached hydrogen (secondary N) is 2. The van der Waals surface area contributed by atoms with E-state index in [4.69, 9.17) is 4.74 Å². The second kappa shape index (κ2) is 4.96. The van der Waals surface area contributed by atoms with Gasteiger partial charge in [0, 0.05) is 19.3 Å². The Bertz CT molecular complexity index is 641. The summed E-state index contributed by atoms with van der Waals surface area (Å²) in [5, 5.41) is 3.42. The number of rotatable bonds is 1. The molecule has 1 spiro atoms. The van der Waals surface area contributed by atoms with Crippen molar-refractivity contribution in [3.05, 3.63) is 18.1 Å². The molecule has 0 radical (unpaired) electrons. The minimum absolute atomic E-state index is 0.0126. The zero-order chi connectivity index (χ0) is 14.3. The van der Waals surface area contributed by atoms with Crippen LogP contribution in [0.5, 0.6) is 0 Å². The standard InChI is InChI=1S/C15H21N5O/c1-11-18-12-2-5-17-13(12)14(19-11)20-8-9-21-15(10-20)3-6-16-7-4-15/h2,5,16-17H,3-4,6-10H2,1H3. The fraction of sp³-hybridized carbons (Fsp3) is 0.600. The van der Waals surface area contributed by atoms with Crippen LogP contribution >= 0.6 is 0 Å². The highest BCUT2D eigenvalue weighted by molar-refractivity contribution is 5.86. The average molecular weight is 287 g/mol. The first-order chi connectivity index (χ1) is 10.3. The number of hydrogen-bond acceptors (Lipinski definition) is 5. The number of aromatic amines is 1. The summed E-state index contributed by atoms with van der Waals surface area (Å²) in [7, 11) is 0. The van der Waals surface area contributed by atoms with Crippen LogP contribution in [0.15, 0.2) is 12.3 Å². The lowest BCUT2D eigenvalue weighted by Crippen LogP contribution is -2.56. The first kappa shape index (κ1) is 13.0. The number of nitrogens with zero attached hydrogens (tertiary/aromatic N) is 3. The molecule has 4 rings (SSSR count). The maximum absolute atomic E-state index is 6.15. The van der Waals surface area contributed by atoms with Crippen molar-refractivity contribution in [3.8, 4) is 0 Å². The van der Waals surface area contributed by atoms with Gasteiger partial charge < -0.3 is 19.9 Å². The van der Waals surface area contributed by atoms with Gasteiger partial charge in [-0.2, -0.15) is 0 Å². The van der Waals surface area contributed by atoms with Crippen molar-refractivity contribution in [2.24, 2.45) is 0 Å². The van der Waals surface area contributed by atoms with E-state index in [1.807, 2.05) is 19.2 Å². The summed E-state index contributed by atoms with van der Waals surface area (Å²) in [6.07, 6.45) is 4.08. The highest BCUT2D eigenvalue weighted by Gasteiger charge is 2.38. The van der Waals surface area contributed by atoms with E-state index in [2.05, 4.69) is 25.2 Å². The Kier molecular flexibility index (Phi) is 3.08. The third-order valence-corrected chi connectivity index (χ3v) is 4.56. The van der Waals surface area contributed by atoms with Gasteiger partial charge in [-0.1, -0.05) is 0 Å². The summed E-state index contributed by atoms with van der Waals surface area (Å²) in [6, 6.07) is 2.01. The third-order valence-electron chi connectivity index (χ3n) is 4.56. The third kappa shape index (κ3) is 2.28. The molecule has 21 heavy (non-hydrogen) atoms. The molecule has 0 aromatic carbocycles. The molecule has 4 heterocycles. The maximum Gasteiger partial charge on any atom is 0.156 e. The largest absolute Gasteiger partial charge is 0.371 e. The summed E-state index contributed by atoms with van der Waals surface area (Å²) in [6.45, 7) is 6.60. The Hall–Kier alpha value is -1.66. The molecular formula is C15H21N5O. The fourth-order valence-electron chi connectivity index (χ4n) is 3.48. The van der Waals surface area contributed by atoms with Gasteiger partial charge in [0.2, 0.25) is 0 Å². The monoisotopic (exact) mass is 287 g/mol. The zero-order valence-corrected chi connectivity index (χ0v) is 12.4. The van der Waals surface area contributed by atoms with E-state index in [1.54, 1.807) is 0 Å². The van der Waals surface area contributed by atoms with Crippen molar-refractivity contribution in [1.29, 1.82) is 0 Å². The summed E-state index contributed by atoms with van der Waals surface area (Å²) in [4.78, 5) is 14.8. The maximum atomic E-state index is 6.15. The number of fused-ring (bicyclic) bond motifs is 1. The van der Waals surface area contributed by atoms with Gasteiger partial charge in [-0.05, 0) is 38.9 Å². The summed E-state index contributed by atoms with van der Waals surface area (Å²) < 4.78 is 6.15. The molecule has 0 amide bonds. The van der Waals surface area contributed by atoms with Crippen LogP contribution in [-0.4, -0.2) is 53.3 Å². The Morgan fingerprint density at radius 1 is 1.29 bits per heavy atom. The normalized spacial score (nSPS) is 22.0. The lowest BCUT2D eigenvalue weighted by molar-refractivity contribution is -0.0739. The minimum Gasteiger partial charge on any atom is -0.371 e. The molecule has 0 bridgehead atoms. The number of H-pyrrole nitrogens is 1. The van der Waals surface area contributed by atoms with Crippen molar-refractivity contribution < 1.29 is 4.74 Å². The van der Waals surface area contributed by atoms with E-state index in [0.717, 1.165) is 68.3 Å². The predicted molar refractivity (Wildman–Crippen MR) is 81.6 cm³/mol. The van der Waals surface area contributed by atoms with E-state index in [1.165, 1.54) is 0 Å². The molecule has 2 aliphatic rings. The van der Waals surface area contributed by atoms with Crippen LogP contribution < -0.4 is 10.2 Å². The Morgan fingerprint density at radius 3 is 3.00 bits per heavy atom. The van der Waals surface area contributed by atoms with Crippen LogP contribution in [0, 0.1) is 6.92 Å². The van der Waals surface area contributed by atoms with Crippen molar-refractivity contribution >= 4 is 16.9 Å². The minimum atomic E-state index is -0.0126. The van der Waals surface area contributed by atoms with Gasteiger partial charge in [0.25, 0.3) is 0 Å². The number of aromatic nitrogens is 3. The first-order valence-corrected chi connectivity index (χ1v) is 7.67. The number of piperidine rings is 1. The summed E-state index contributed by atoms with van der Waals surface area (Å²) in [5.41, 5.74) is 2.01. The van der Waals surface area contributed by atoms with E-state index in [9.17, 15) is 0 Å². The summed E-state index contributed by atoms with van der Waals surface area (Å²) in [5.74, 6) is 1.84. The van der Waals surface area contributed by atoms with Gasteiger partial charge in [-0.15, -0.1) is 0 Å². The molecule has 2 N–H and O–H groups in total. The van der Waals surface area contributed by atoms with Crippen molar-refractivity contribution in [2.45, 2.75) is 25.4 Å². The number of aryl methyl sites for hydroxylation is 1. The molecule has 0 atom stereocenters. The number of hydrogen-bond donors (Lipinski definition) is 2. The Morgan fingerprint density at radius 2 is 2.14 bits per heavy atom. The molecule has 2 aromatic rings. The van der Waals surface area contributed by atoms with Crippen LogP contribution in [0.1, 0.15) is 18.7 Å². The lowest BCUT2D eigenvalue weighted by Gasteiger charge is -2.45.